The molecule has 2 rings (SSSR count). The molecule has 8 heteroatoms. The van der Waals surface area contributed by atoms with Gasteiger partial charge in [0.1, 0.15) is 0 Å². The second-order valence-electron chi connectivity index (χ2n) is 7.91. The fourth-order valence-corrected chi connectivity index (χ4v) is 3.64. The quantitative estimate of drug-likeness (QED) is 0.686. The molecule has 0 aliphatic carbocycles. The third-order valence-corrected chi connectivity index (χ3v) is 6.40. The van der Waals surface area contributed by atoms with Gasteiger partial charge >= 0.3 is 5.97 Å². The molecule has 0 aromatic heterocycles. The van der Waals surface area contributed by atoms with Crippen LogP contribution in [0.4, 0.5) is 5.69 Å². The van der Waals surface area contributed by atoms with Gasteiger partial charge in [0.15, 0.2) is 12.4 Å². The first-order valence-electron chi connectivity index (χ1n) is 8.96. The molecule has 0 atom stereocenters. The van der Waals surface area contributed by atoms with Crippen LogP contribution in [0.2, 0.25) is 0 Å². The van der Waals surface area contributed by atoms with Gasteiger partial charge in [-0.05, 0) is 31.0 Å². The van der Waals surface area contributed by atoms with Gasteiger partial charge in [0.25, 0.3) is 0 Å². The summed E-state index contributed by atoms with van der Waals surface area (Å²) in [5.41, 5.74) is 0.189. The number of benzene rings is 1. The van der Waals surface area contributed by atoms with Gasteiger partial charge in [-0.2, -0.15) is 0 Å². The Morgan fingerprint density at radius 3 is 2.26 bits per heavy atom. The normalized spacial score (nSPS) is 15.3. The Kier molecular flexibility index (Phi) is 6.32. The lowest BCUT2D eigenvalue weighted by Gasteiger charge is -2.22. The highest BCUT2D eigenvalue weighted by molar-refractivity contribution is 7.89. The van der Waals surface area contributed by atoms with E-state index in [9.17, 15) is 18.0 Å². The van der Waals surface area contributed by atoms with E-state index in [2.05, 4.69) is 0 Å². The fourth-order valence-electron chi connectivity index (χ4n) is 2.71. The Morgan fingerprint density at radius 2 is 1.74 bits per heavy atom. The first-order chi connectivity index (χ1) is 12.4. The van der Waals surface area contributed by atoms with Gasteiger partial charge in [-0.1, -0.05) is 20.8 Å². The van der Waals surface area contributed by atoms with Crippen molar-refractivity contribution < 1.29 is 22.7 Å². The first-order valence-corrected chi connectivity index (χ1v) is 10.4. The third kappa shape index (κ3) is 4.87. The van der Waals surface area contributed by atoms with Crippen LogP contribution >= 0.6 is 0 Å². The predicted molar refractivity (Wildman–Crippen MR) is 104 cm³/mol. The van der Waals surface area contributed by atoms with Gasteiger partial charge in [-0.25, -0.2) is 17.5 Å². The number of rotatable bonds is 6. The lowest BCUT2D eigenvalue weighted by Crippen LogP contribution is -2.28. The number of anilines is 1. The summed E-state index contributed by atoms with van der Waals surface area (Å²) in [5.74, 6) is -0.888. The van der Waals surface area contributed by atoms with E-state index in [0.29, 0.717) is 5.69 Å². The van der Waals surface area contributed by atoms with Crippen molar-refractivity contribution in [2.24, 2.45) is 5.41 Å². The van der Waals surface area contributed by atoms with Crippen molar-refractivity contribution in [2.45, 2.75) is 38.5 Å². The Morgan fingerprint density at radius 1 is 1.15 bits per heavy atom. The Balaban J connectivity index is 2.37. The molecule has 1 aliphatic heterocycles. The van der Waals surface area contributed by atoms with Crippen LogP contribution in [0.1, 0.15) is 44.0 Å². The summed E-state index contributed by atoms with van der Waals surface area (Å²) >= 11 is 0. The maximum Gasteiger partial charge on any atom is 0.340 e. The van der Waals surface area contributed by atoms with E-state index in [0.717, 1.165) is 30.2 Å². The molecule has 0 spiro atoms. The fraction of sp³-hybridized carbons (Fsp3) is 0.579. The van der Waals surface area contributed by atoms with Gasteiger partial charge < -0.3 is 9.64 Å². The van der Waals surface area contributed by atoms with E-state index >= 15 is 0 Å². The third-order valence-electron chi connectivity index (χ3n) is 4.58. The zero-order valence-electron chi connectivity index (χ0n) is 16.6. The summed E-state index contributed by atoms with van der Waals surface area (Å²) in [6.07, 6.45) is 2.02. The summed E-state index contributed by atoms with van der Waals surface area (Å²) in [6, 6.07) is 4.48. The van der Waals surface area contributed by atoms with Gasteiger partial charge in [-0.3, -0.25) is 4.79 Å². The van der Waals surface area contributed by atoms with E-state index in [-0.39, 0.29) is 22.8 Å². The van der Waals surface area contributed by atoms with Crippen molar-refractivity contribution in [1.82, 2.24) is 4.31 Å². The Bertz CT molecular complexity index is 819. The van der Waals surface area contributed by atoms with Crippen LogP contribution in [0.25, 0.3) is 0 Å². The molecule has 0 unspecified atom stereocenters. The number of sulfonamides is 1. The molecule has 1 aromatic rings. The van der Waals surface area contributed by atoms with Gasteiger partial charge in [-0.15, -0.1) is 0 Å². The summed E-state index contributed by atoms with van der Waals surface area (Å²) in [4.78, 5) is 26.8. The van der Waals surface area contributed by atoms with Crippen LogP contribution in [-0.2, 0) is 19.6 Å². The lowest BCUT2D eigenvalue weighted by atomic mass is 9.91. The lowest BCUT2D eigenvalue weighted by molar-refractivity contribution is -0.129. The van der Waals surface area contributed by atoms with E-state index in [4.69, 9.17) is 4.74 Å². The van der Waals surface area contributed by atoms with Crippen molar-refractivity contribution >= 4 is 27.5 Å². The van der Waals surface area contributed by atoms with E-state index in [1.54, 1.807) is 26.8 Å². The molecular weight excluding hydrogens is 368 g/mol. The first kappa shape index (κ1) is 21.4. The van der Waals surface area contributed by atoms with Crippen molar-refractivity contribution in [1.29, 1.82) is 0 Å². The summed E-state index contributed by atoms with van der Waals surface area (Å²) in [5, 5.41) is 0. The molecule has 1 aromatic carbocycles. The number of hydrogen-bond acceptors (Lipinski definition) is 6. The zero-order chi connectivity index (χ0) is 20.4. The number of ether oxygens (including phenoxy) is 1. The Hall–Kier alpha value is -1.93. The standard InChI is InChI=1S/C19H28N2O5S/c1-19(2,3)17(22)13-26-18(23)15-12-14(27(24,25)20(4)5)8-9-16(15)21-10-6-7-11-21/h8-9,12H,6-7,10-11,13H2,1-5H3. The van der Waals surface area contributed by atoms with Crippen molar-refractivity contribution in [3.05, 3.63) is 23.8 Å². The topological polar surface area (TPSA) is 84.0 Å². The monoisotopic (exact) mass is 396 g/mol. The maximum atomic E-state index is 12.7. The van der Waals surface area contributed by atoms with Crippen LogP contribution in [0.5, 0.6) is 0 Å². The molecule has 0 saturated carbocycles. The molecule has 1 saturated heterocycles. The predicted octanol–water partition coefficient (Wildman–Crippen LogP) is 2.31. The second kappa shape index (κ2) is 7.98. The molecule has 0 amide bonds. The molecule has 1 fully saturated rings. The maximum absolute atomic E-state index is 12.7. The van der Waals surface area contributed by atoms with Crippen molar-refractivity contribution in [3.63, 3.8) is 0 Å². The average molecular weight is 397 g/mol. The molecule has 0 bridgehead atoms. The van der Waals surface area contributed by atoms with E-state index in [1.807, 2.05) is 4.90 Å². The molecule has 1 aliphatic rings. The smallest absolute Gasteiger partial charge is 0.340 e. The highest BCUT2D eigenvalue weighted by Crippen LogP contribution is 2.29. The number of hydrogen-bond donors (Lipinski definition) is 0. The minimum atomic E-state index is -3.69. The highest BCUT2D eigenvalue weighted by atomic mass is 32.2. The molecule has 27 heavy (non-hydrogen) atoms. The minimum Gasteiger partial charge on any atom is -0.454 e. The summed E-state index contributed by atoms with van der Waals surface area (Å²) < 4.78 is 31.2. The average Bonchev–Trinajstić information content (AvgIpc) is 3.12. The molecular formula is C19H28N2O5S. The number of nitrogens with zero attached hydrogens (tertiary/aromatic N) is 2. The summed E-state index contributed by atoms with van der Waals surface area (Å²) in [7, 11) is -0.819. The van der Waals surface area contributed by atoms with Crippen molar-refractivity contribution in [3.8, 4) is 0 Å². The van der Waals surface area contributed by atoms with Crippen LogP contribution in [0, 0.1) is 5.41 Å². The van der Waals surface area contributed by atoms with Crippen LogP contribution in [0.3, 0.4) is 0 Å². The number of carbonyl (C=O) groups is 2. The highest BCUT2D eigenvalue weighted by Gasteiger charge is 2.27. The second-order valence-corrected chi connectivity index (χ2v) is 10.1. The number of esters is 1. The van der Waals surface area contributed by atoms with Crippen molar-refractivity contribution in [2.75, 3.05) is 38.7 Å². The zero-order valence-corrected chi connectivity index (χ0v) is 17.4. The van der Waals surface area contributed by atoms with Crippen LogP contribution in [-0.4, -0.2) is 58.3 Å². The molecule has 7 nitrogen and oxygen atoms in total. The number of Topliss-reactive ketones (excluding diaryl/α,β-unsaturated/α-hetero) is 1. The van der Waals surface area contributed by atoms with Gasteiger partial charge in [0.05, 0.1) is 16.1 Å². The molecule has 0 radical (unpaired) electrons. The van der Waals surface area contributed by atoms with Gasteiger partial charge in [0, 0.05) is 32.6 Å². The minimum absolute atomic E-state index is 0.0181. The largest absolute Gasteiger partial charge is 0.454 e. The van der Waals surface area contributed by atoms with E-state index in [1.165, 1.54) is 26.2 Å². The SMILES string of the molecule is CN(C)S(=O)(=O)c1ccc(N2CCCC2)c(C(=O)OCC(=O)C(C)(C)C)c1. The van der Waals surface area contributed by atoms with Crippen LogP contribution < -0.4 is 4.90 Å². The van der Waals surface area contributed by atoms with Gasteiger partial charge in [0.2, 0.25) is 10.0 Å². The summed E-state index contributed by atoms with van der Waals surface area (Å²) in [6.45, 7) is 6.50. The molecule has 150 valence electrons. The Labute approximate surface area is 161 Å². The van der Waals surface area contributed by atoms with Crippen LogP contribution in [0.15, 0.2) is 23.1 Å². The molecule has 1 heterocycles. The van der Waals surface area contributed by atoms with E-state index < -0.39 is 21.4 Å². The number of carbonyl (C=O) groups excluding carboxylic acids is 2. The number of ketones is 1. The molecule has 0 N–H and O–H groups in total.